The van der Waals surface area contributed by atoms with E-state index in [0.29, 0.717) is 33.2 Å². The Bertz CT molecular complexity index is 816. The first-order chi connectivity index (χ1) is 9.50. The van der Waals surface area contributed by atoms with Crippen LogP contribution in [0.2, 0.25) is 0 Å². The summed E-state index contributed by atoms with van der Waals surface area (Å²) in [5.41, 5.74) is 2.51. The van der Waals surface area contributed by atoms with E-state index in [4.69, 9.17) is 4.63 Å². The zero-order valence-corrected chi connectivity index (χ0v) is 11.4. The maximum absolute atomic E-state index is 12.4. The fourth-order valence-corrected chi connectivity index (χ4v) is 2.44. The van der Waals surface area contributed by atoms with E-state index >= 15 is 0 Å². The van der Waals surface area contributed by atoms with Gasteiger partial charge in [-0.1, -0.05) is 0 Å². The van der Waals surface area contributed by atoms with Crippen LogP contribution < -0.4 is 0 Å². The number of likely N-dealkylation sites (N-methyl/N-ethyl adjacent to an activating group) is 1. The molecule has 0 radical (unpaired) electrons. The molecule has 0 amide bonds. The van der Waals surface area contributed by atoms with Crippen LogP contribution in [0.3, 0.4) is 0 Å². The zero-order valence-electron chi connectivity index (χ0n) is 11.4. The van der Waals surface area contributed by atoms with Crippen LogP contribution in [-0.4, -0.2) is 51.6 Å². The molecule has 0 saturated carbocycles. The lowest BCUT2D eigenvalue weighted by Gasteiger charge is -2.08. The molecule has 0 bridgehead atoms. The van der Waals surface area contributed by atoms with Crippen molar-refractivity contribution in [2.45, 2.75) is 6.92 Å². The number of fused-ring (bicyclic) bond motifs is 3. The van der Waals surface area contributed by atoms with Crippen molar-refractivity contribution >= 4 is 27.7 Å². The molecular weight excluding hydrogens is 260 g/mol. The van der Waals surface area contributed by atoms with Crippen LogP contribution in [0.5, 0.6) is 0 Å². The molecule has 0 atom stereocenters. The van der Waals surface area contributed by atoms with Crippen LogP contribution in [0.25, 0.3) is 21.9 Å². The fraction of sp³-hybridized carbons (Fsp3) is 0.308. The number of carbonyl (C=O) groups excluding carboxylic acids is 1. The third kappa shape index (κ3) is 1.67. The average Bonchev–Trinajstić information content (AvgIpc) is 2.93. The third-order valence-electron chi connectivity index (χ3n) is 3.30. The molecule has 3 aromatic rings. The van der Waals surface area contributed by atoms with Crippen LogP contribution in [0.1, 0.15) is 16.1 Å². The number of Topliss-reactive ketones (excluding diaryl/α,β-unsaturated/α-hetero) is 1. The zero-order chi connectivity index (χ0) is 14.4. The summed E-state index contributed by atoms with van der Waals surface area (Å²) in [5.74, 6) is -0.0826. The number of ketones is 1. The summed E-state index contributed by atoms with van der Waals surface area (Å²) >= 11 is 0. The van der Waals surface area contributed by atoms with E-state index in [-0.39, 0.29) is 12.3 Å². The minimum Gasteiger partial charge on any atom is -0.428 e. The number of carbonyl (C=O) groups is 1. The van der Waals surface area contributed by atoms with Gasteiger partial charge >= 0.3 is 0 Å². The number of hydrogen-bond acceptors (Lipinski definition) is 6. The molecule has 104 valence electrons. The summed E-state index contributed by atoms with van der Waals surface area (Å²) in [6, 6.07) is 3.39. The highest BCUT2D eigenvalue weighted by atomic mass is 16.6. The first kappa shape index (κ1) is 12.6. The predicted octanol–water partition coefficient (Wildman–Crippen LogP) is 1.47. The van der Waals surface area contributed by atoms with Crippen LogP contribution in [0.15, 0.2) is 16.8 Å². The Morgan fingerprint density at radius 1 is 1.40 bits per heavy atom. The molecule has 0 aliphatic carbocycles. The van der Waals surface area contributed by atoms with Gasteiger partial charge in [-0.25, -0.2) is 4.63 Å². The summed E-state index contributed by atoms with van der Waals surface area (Å²) in [4.78, 5) is 14.2. The van der Waals surface area contributed by atoms with E-state index in [2.05, 4.69) is 10.3 Å². The molecule has 0 fully saturated rings. The Hall–Kier alpha value is -2.41. The molecule has 2 heterocycles. The van der Waals surface area contributed by atoms with E-state index in [9.17, 15) is 10.0 Å². The van der Waals surface area contributed by atoms with Crippen molar-refractivity contribution in [3.63, 3.8) is 0 Å². The molecule has 0 aliphatic rings. The number of benzene rings is 1. The number of rotatable bonds is 3. The molecule has 2 aromatic heterocycles. The second kappa shape index (κ2) is 4.31. The Morgan fingerprint density at radius 3 is 2.85 bits per heavy atom. The van der Waals surface area contributed by atoms with Crippen LogP contribution in [-0.2, 0) is 0 Å². The van der Waals surface area contributed by atoms with E-state index in [1.54, 1.807) is 24.0 Å². The standard InChI is InChI=1S/C13H14N4O3/c1-7-11(10(18)6-16(2)3)12-9(17(7)19)5-4-8-13(12)15-20-14-8/h4-5,19H,6H2,1-3H3. The van der Waals surface area contributed by atoms with Gasteiger partial charge in [0.2, 0.25) is 0 Å². The molecule has 1 N–H and O–H groups in total. The van der Waals surface area contributed by atoms with Gasteiger partial charge in [-0.15, -0.1) is 0 Å². The minimum absolute atomic E-state index is 0.0826. The third-order valence-corrected chi connectivity index (χ3v) is 3.30. The second-order valence-corrected chi connectivity index (χ2v) is 5.02. The second-order valence-electron chi connectivity index (χ2n) is 5.02. The average molecular weight is 274 g/mol. The lowest BCUT2D eigenvalue weighted by Crippen LogP contribution is -2.22. The molecule has 7 heteroatoms. The lowest BCUT2D eigenvalue weighted by molar-refractivity contribution is 0.0955. The molecule has 7 nitrogen and oxygen atoms in total. The maximum Gasteiger partial charge on any atom is 0.179 e. The molecule has 20 heavy (non-hydrogen) atoms. The fourth-order valence-electron chi connectivity index (χ4n) is 2.44. The Labute approximate surface area is 114 Å². The van der Waals surface area contributed by atoms with Crippen molar-refractivity contribution in [2.24, 2.45) is 0 Å². The topological polar surface area (TPSA) is 84.4 Å². The van der Waals surface area contributed by atoms with Gasteiger partial charge in [0.05, 0.1) is 23.3 Å². The smallest absolute Gasteiger partial charge is 0.179 e. The molecule has 3 rings (SSSR count). The van der Waals surface area contributed by atoms with Crippen molar-refractivity contribution in [1.82, 2.24) is 19.9 Å². The monoisotopic (exact) mass is 274 g/mol. The Kier molecular flexibility index (Phi) is 2.72. The number of nitrogens with zero attached hydrogens (tertiary/aromatic N) is 4. The van der Waals surface area contributed by atoms with Crippen LogP contribution >= 0.6 is 0 Å². The SMILES string of the molecule is Cc1c(C(=O)CN(C)C)c2c3nonc3ccc2n1O. The summed E-state index contributed by atoms with van der Waals surface area (Å²) in [6.45, 7) is 1.95. The minimum atomic E-state index is -0.0826. The first-order valence-corrected chi connectivity index (χ1v) is 6.14. The molecule has 0 aliphatic heterocycles. The van der Waals surface area contributed by atoms with Gasteiger partial charge in [-0.2, -0.15) is 4.73 Å². The van der Waals surface area contributed by atoms with Gasteiger partial charge in [0.15, 0.2) is 5.78 Å². The van der Waals surface area contributed by atoms with Crippen molar-refractivity contribution in [3.05, 3.63) is 23.4 Å². The van der Waals surface area contributed by atoms with E-state index in [1.165, 1.54) is 0 Å². The number of aromatic nitrogens is 3. The largest absolute Gasteiger partial charge is 0.428 e. The Morgan fingerprint density at radius 2 is 2.15 bits per heavy atom. The first-order valence-electron chi connectivity index (χ1n) is 6.14. The molecule has 1 aromatic carbocycles. The van der Waals surface area contributed by atoms with E-state index < -0.39 is 0 Å². The van der Waals surface area contributed by atoms with Gasteiger partial charge in [-0.3, -0.25) is 4.79 Å². The van der Waals surface area contributed by atoms with Gasteiger partial charge < -0.3 is 10.1 Å². The molecule has 0 spiro atoms. The molecule has 0 unspecified atom stereocenters. The summed E-state index contributed by atoms with van der Waals surface area (Å²) in [7, 11) is 3.64. The molecule has 0 saturated heterocycles. The van der Waals surface area contributed by atoms with Gasteiger partial charge in [0, 0.05) is 5.39 Å². The summed E-state index contributed by atoms with van der Waals surface area (Å²) in [6.07, 6.45) is 0. The van der Waals surface area contributed by atoms with Crippen molar-refractivity contribution in [1.29, 1.82) is 0 Å². The maximum atomic E-state index is 12.4. The Balaban J connectivity index is 2.37. The lowest BCUT2D eigenvalue weighted by atomic mass is 10.1. The molecular formula is C13H14N4O3. The highest BCUT2D eigenvalue weighted by Crippen LogP contribution is 2.30. The van der Waals surface area contributed by atoms with Crippen LogP contribution in [0, 0.1) is 6.92 Å². The highest BCUT2D eigenvalue weighted by Gasteiger charge is 2.23. The highest BCUT2D eigenvalue weighted by molar-refractivity contribution is 6.17. The number of hydrogen-bond donors (Lipinski definition) is 1. The predicted molar refractivity (Wildman–Crippen MR) is 72.1 cm³/mol. The van der Waals surface area contributed by atoms with E-state index in [0.717, 1.165) is 4.73 Å². The van der Waals surface area contributed by atoms with Crippen molar-refractivity contribution in [3.8, 4) is 0 Å². The van der Waals surface area contributed by atoms with Gasteiger partial charge in [-0.05, 0) is 43.5 Å². The summed E-state index contributed by atoms with van der Waals surface area (Å²) < 4.78 is 5.73. The van der Waals surface area contributed by atoms with Gasteiger partial charge in [0.1, 0.15) is 11.0 Å². The van der Waals surface area contributed by atoms with Crippen molar-refractivity contribution in [2.75, 3.05) is 20.6 Å². The van der Waals surface area contributed by atoms with E-state index in [1.807, 2.05) is 14.1 Å². The van der Waals surface area contributed by atoms with Crippen molar-refractivity contribution < 1.29 is 14.6 Å². The van der Waals surface area contributed by atoms with Gasteiger partial charge in [0.25, 0.3) is 0 Å². The normalized spacial score (nSPS) is 11.8. The quantitative estimate of drug-likeness (QED) is 0.575. The summed E-state index contributed by atoms with van der Waals surface area (Å²) in [5, 5.41) is 18.3. The van der Waals surface area contributed by atoms with Crippen LogP contribution in [0.4, 0.5) is 0 Å².